The summed E-state index contributed by atoms with van der Waals surface area (Å²) in [5, 5.41) is 3.96. The number of benzene rings is 1. The van der Waals surface area contributed by atoms with Crippen molar-refractivity contribution >= 4 is 28.8 Å². The number of aryl methyl sites for hydroxylation is 1. The summed E-state index contributed by atoms with van der Waals surface area (Å²) in [6.45, 7) is 1.78. The Hall–Kier alpha value is -1.78. The van der Waals surface area contributed by atoms with E-state index in [-0.39, 0.29) is 5.56 Å². The Kier molecular flexibility index (Phi) is 2.84. The van der Waals surface area contributed by atoms with Gasteiger partial charge in [0.15, 0.2) is 5.65 Å². The van der Waals surface area contributed by atoms with Crippen molar-refractivity contribution in [1.29, 1.82) is 0 Å². The van der Waals surface area contributed by atoms with Crippen molar-refractivity contribution in [3.05, 3.63) is 56.6 Å². The second-order valence-corrected chi connectivity index (χ2v) is 5.05. The quantitative estimate of drug-likeness (QED) is 0.748. The van der Waals surface area contributed by atoms with Gasteiger partial charge in [-0.15, -0.1) is 0 Å². The molecule has 19 heavy (non-hydrogen) atoms. The minimum Gasteiger partial charge on any atom is -0.296 e. The molecule has 2 aromatic heterocycles. The zero-order valence-electron chi connectivity index (χ0n) is 9.95. The summed E-state index contributed by atoms with van der Waals surface area (Å²) in [6.07, 6.45) is 1.71. The molecule has 0 atom stereocenters. The Morgan fingerprint density at radius 3 is 2.74 bits per heavy atom. The van der Waals surface area contributed by atoms with E-state index in [0.717, 1.165) is 11.1 Å². The van der Waals surface area contributed by atoms with E-state index >= 15 is 0 Å². The van der Waals surface area contributed by atoms with E-state index in [0.29, 0.717) is 21.4 Å². The van der Waals surface area contributed by atoms with Crippen molar-refractivity contribution in [2.75, 3.05) is 0 Å². The highest BCUT2D eigenvalue weighted by Crippen LogP contribution is 2.31. The summed E-state index contributed by atoms with van der Waals surface area (Å²) < 4.78 is 1.38. The molecule has 3 aromatic rings. The molecule has 0 bridgehead atoms. The third kappa shape index (κ3) is 2.03. The number of H-pyrrole nitrogens is 1. The average molecular weight is 294 g/mol. The van der Waals surface area contributed by atoms with Gasteiger partial charge in [-0.1, -0.05) is 29.3 Å². The molecule has 0 saturated carbocycles. The van der Waals surface area contributed by atoms with Crippen LogP contribution in [0.4, 0.5) is 0 Å². The fraction of sp³-hybridized carbons (Fsp3) is 0.0769. The van der Waals surface area contributed by atoms with Crippen LogP contribution in [0.5, 0.6) is 0 Å². The van der Waals surface area contributed by atoms with Gasteiger partial charge in [0.1, 0.15) is 0 Å². The predicted molar refractivity (Wildman–Crippen MR) is 76.0 cm³/mol. The number of nitrogens with one attached hydrogen (secondary N) is 1. The second-order valence-electron chi connectivity index (χ2n) is 4.21. The number of aromatic amines is 1. The number of hydrogen-bond acceptors (Lipinski definition) is 2. The lowest BCUT2D eigenvalue weighted by molar-refractivity contribution is 0.890. The van der Waals surface area contributed by atoms with Crippen LogP contribution in [0.15, 0.2) is 35.3 Å². The largest absolute Gasteiger partial charge is 0.296 e. The number of aromatic nitrogens is 3. The monoisotopic (exact) mass is 293 g/mol. The molecule has 0 aliphatic carbocycles. The van der Waals surface area contributed by atoms with E-state index in [9.17, 15) is 4.79 Å². The number of hydrogen-bond donors (Lipinski definition) is 1. The van der Waals surface area contributed by atoms with Crippen LogP contribution < -0.4 is 5.56 Å². The Bertz CT molecular complexity index is 836. The van der Waals surface area contributed by atoms with Crippen molar-refractivity contribution in [3.8, 4) is 11.1 Å². The van der Waals surface area contributed by atoms with Crippen LogP contribution in [0.25, 0.3) is 16.8 Å². The Labute approximate surface area is 118 Å². The van der Waals surface area contributed by atoms with Crippen molar-refractivity contribution in [2.24, 2.45) is 0 Å². The normalized spacial score (nSPS) is 11.1. The highest BCUT2D eigenvalue weighted by Gasteiger charge is 2.12. The first-order valence-electron chi connectivity index (χ1n) is 5.59. The average Bonchev–Trinajstić information content (AvgIpc) is 2.73. The Balaban J connectivity index is 2.34. The Morgan fingerprint density at radius 1 is 1.21 bits per heavy atom. The maximum absolute atomic E-state index is 11.8. The molecule has 3 rings (SSSR count). The fourth-order valence-electron chi connectivity index (χ4n) is 2.00. The molecule has 96 valence electrons. The molecule has 0 aliphatic heterocycles. The van der Waals surface area contributed by atoms with Crippen LogP contribution in [-0.2, 0) is 0 Å². The number of halogens is 2. The molecule has 4 nitrogen and oxygen atoms in total. The molecule has 0 aliphatic rings. The lowest BCUT2D eigenvalue weighted by Gasteiger charge is -2.03. The zero-order chi connectivity index (χ0) is 13.6. The summed E-state index contributed by atoms with van der Waals surface area (Å²) in [4.78, 5) is 16.2. The lowest BCUT2D eigenvalue weighted by atomic mass is 10.1. The van der Waals surface area contributed by atoms with E-state index in [1.165, 1.54) is 10.6 Å². The summed E-state index contributed by atoms with van der Waals surface area (Å²) >= 11 is 12.1. The van der Waals surface area contributed by atoms with Crippen LogP contribution in [0.1, 0.15) is 5.69 Å². The third-order valence-electron chi connectivity index (χ3n) is 2.85. The van der Waals surface area contributed by atoms with Gasteiger partial charge in [-0.25, -0.2) is 9.50 Å². The smallest absolute Gasteiger partial charge is 0.272 e. The molecule has 0 saturated heterocycles. The molecule has 0 amide bonds. The fourth-order valence-corrected chi connectivity index (χ4v) is 2.51. The van der Waals surface area contributed by atoms with Crippen molar-refractivity contribution in [2.45, 2.75) is 6.92 Å². The Morgan fingerprint density at radius 2 is 2.00 bits per heavy atom. The first-order valence-corrected chi connectivity index (χ1v) is 6.35. The highest BCUT2D eigenvalue weighted by atomic mass is 35.5. The molecule has 0 unspecified atom stereocenters. The summed E-state index contributed by atoms with van der Waals surface area (Å²) in [5.74, 6) is 0. The van der Waals surface area contributed by atoms with Crippen molar-refractivity contribution in [1.82, 2.24) is 14.6 Å². The van der Waals surface area contributed by atoms with Gasteiger partial charge in [0, 0.05) is 34.1 Å². The minimum atomic E-state index is -0.154. The minimum absolute atomic E-state index is 0.154. The first kappa shape index (κ1) is 12.3. The van der Waals surface area contributed by atoms with Gasteiger partial charge < -0.3 is 0 Å². The summed E-state index contributed by atoms with van der Waals surface area (Å²) in [5.41, 5.74) is 2.61. The SMILES string of the molecule is Cc1cc(=O)n2[nH]cc(-c3ccc(Cl)cc3Cl)c2n1. The van der Waals surface area contributed by atoms with Crippen LogP contribution in [0.3, 0.4) is 0 Å². The standard InChI is InChI=1S/C13H9Cl2N3O/c1-7-4-12(19)18-13(17-7)10(6-16-18)9-3-2-8(14)5-11(9)15/h2-6,16H,1H3. The molecule has 0 radical (unpaired) electrons. The van der Waals surface area contributed by atoms with E-state index in [1.807, 2.05) is 6.07 Å². The van der Waals surface area contributed by atoms with Gasteiger partial charge in [-0.2, -0.15) is 0 Å². The first-order chi connectivity index (χ1) is 9.06. The molecule has 1 aromatic carbocycles. The second kappa shape index (κ2) is 4.40. The van der Waals surface area contributed by atoms with Gasteiger partial charge in [-0.3, -0.25) is 9.89 Å². The molecule has 0 spiro atoms. The topological polar surface area (TPSA) is 50.2 Å². The molecule has 2 heterocycles. The molecule has 1 N–H and O–H groups in total. The van der Waals surface area contributed by atoms with E-state index in [1.54, 1.807) is 25.3 Å². The highest BCUT2D eigenvalue weighted by molar-refractivity contribution is 6.36. The van der Waals surface area contributed by atoms with Crippen molar-refractivity contribution in [3.63, 3.8) is 0 Å². The summed E-state index contributed by atoms with van der Waals surface area (Å²) in [6, 6.07) is 6.69. The van der Waals surface area contributed by atoms with Gasteiger partial charge in [-0.05, 0) is 19.1 Å². The number of nitrogens with zero attached hydrogens (tertiary/aromatic N) is 2. The molecular formula is C13H9Cl2N3O. The van der Waals surface area contributed by atoms with Crippen LogP contribution in [0, 0.1) is 6.92 Å². The number of fused-ring (bicyclic) bond motifs is 1. The van der Waals surface area contributed by atoms with Gasteiger partial charge in [0.2, 0.25) is 0 Å². The van der Waals surface area contributed by atoms with Gasteiger partial charge in [0.25, 0.3) is 5.56 Å². The van der Waals surface area contributed by atoms with Crippen LogP contribution in [0.2, 0.25) is 10.0 Å². The zero-order valence-corrected chi connectivity index (χ0v) is 11.5. The van der Waals surface area contributed by atoms with E-state index < -0.39 is 0 Å². The predicted octanol–water partition coefficient (Wildman–Crippen LogP) is 3.30. The molecule has 0 fully saturated rings. The number of rotatable bonds is 1. The molecular weight excluding hydrogens is 285 g/mol. The maximum atomic E-state index is 11.8. The van der Waals surface area contributed by atoms with E-state index in [2.05, 4.69) is 10.1 Å². The maximum Gasteiger partial charge on any atom is 0.272 e. The summed E-state index contributed by atoms with van der Waals surface area (Å²) in [7, 11) is 0. The van der Waals surface area contributed by atoms with Crippen molar-refractivity contribution < 1.29 is 0 Å². The van der Waals surface area contributed by atoms with Crippen LogP contribution in [-0.4, -0.2) is 14.6 Å². The van der Waals surface area contributed by atoms with Gasteiger partial charge >= 0.3 is 0 Å². The molecule has 6 heteroatoms. The third-order valence-corrected chi connectivity index (χ3v) is 3.39. The lowest BCUT2D eigenvalue weighted by Crippen LogP contribution is -2.14. The van der Waals surface area contributed by atoms with Gasteiger partial charge in [0.05, 0.1) is 5.02 Å². The van der Waals surface area contributed by atoms with Crippen LogP contribution >= 0.6 is 23.2 Å². The van der Waals surface area contributed by atoms with E-state index in [4.69, 9.17) is 23.2 Å².